The first-order valence-electron chi connectivity index (χ1n) is 11.2. The highest BCUT2D eigenvalue weighted by Gasteiger charge is 2.20. The number of aromatic nitrogens is 2. The lowest BCUT2D eigenvalue weighted by Crippen LogP contribution is -2.24. The van der Waals surface area contributed by atoms with Crippen LogP contribution < -0.4 is 15.8 Å². The Bertz CT molecular complexity index is 1450. The lowest BCUT2D eigenvalue weighted by atomic mass is 9.97. The monoisotopic (exact) mass is 491 g/mol. The van der Waals surface area contributed by atoms with Crippen LogP contribution in [0.15, 0.2) is 71.1 Å². The molecule has 3 aromatic carbocycles. The quantitative estimate of drug-likeness (QED) is 0.354. The van der Waals surface area contributed by atoms with Crippen molar-refractivity contribution in [2.24, 2.45) is 5.73 Å². The van der Waals surface area contributed by atoms with Gasteiger partial charge in [0.15, 0.2) is 0 Å². The zero-order valence-electron chi connectivity index (χ0n) is 20.0. The van der Waals surface area contributed by atoms with Crippen LogP contribution in [0.4, 0.5) is 11.4 Å². The Morgan fingerprint density at radius 1 is 0.971 bits per heavy atom. The minimum Gasteiger partial charge on any atom is -0.420 e. The van der Waals surface area contributed by atoms with Crippen molar-refractivity contribution >= 4 is 21.4 Å². The van der Waals surface area contributed by atoms with Gasteiger partial charge in [-0.1, -0.05) is 49.4 Å². The van der Waals surface area contributed by atoms with Gasteiger partial charge in [-0.2, -0.15) is 0 Å². The fourth-order valence-electron chi connectivity index (χ4n) is 3.93. The molecule has 9 heteroatoms. The van der Waals surface area contributed by atoms with E-state index in [1.54, 1.807) is 6.07 Å². The number of sulfonamides is 1. The van der Waals surface area contributed by atoms with Crippen LogP contribution >= 0.6 is 0 Å². The molecule has 0 saturated carbocycles. The molecule has 0 aliphatic heterocycles. The number of hydrogen-bond donors (Lipinski definition) is 2. The molecule has 0 fully saturated rings. The minimum absolute atomic E-state index is 0.0553. The van der Waals surface area contributed by atoms with E-state index in [1.165, 1.54) is 11.4 Å². The van der Waals surface area contributed by atoms with E-state index in [1.807, 2.05) is 67.6 Å². The van der Waals surface area contributed by atoms with Crippen molar-refractivity contribution in [2.45, 2.75) is 25.8 Å². The largest absolute Gasteiger partial charge is 0.420 e. The summed E-state index contributed by atoms with van der Waals surface area (Å²) in [6.45, 7) is 2.35. The zero-order valence-corrected chi connectivity index (χ0v) is 20.8. The van der Waals surface area contributed by atoms with Gasteiger partial charge < -0.3 is 15.9 Å². The third-order valence-electron chi connectivity index (χ3n) is 6.02. The van der Waals surface area contributed by atoms with Crippen LogP contribution in [0.1, 0.15) is 29.9 Å². The van der Waals surface area contributed by atoms with Gasteiger partial charge >= 0.3 is 0 Å². The molecule has 4 N–H and O–H groups in total. The Kier molecular flexibility index (Phi) is 6.90. The first-order valence-corrected chi connectivity index (χ1v) is 13.1. The van der Waals surface area contributed by atoms with Gasteiger partial charge in [0.05, 0.1) is 11.9 Å². The first kappa shape index (κ1) is 24.4. The molecule has 4 aromatic rings. The van der Waals surface area contributed by atoms with Crippen molar-refractivity contribution in [1.29, 1.82) is 0 Å². The number of benzene rings is 3. The second-order valence-corrected chi connectivity index (χ2v) is 10.6. The molecule has 0 bridgehead atoms. The fourth-order valence-corrected chi connectivity index (χ4v) is 4.42. The van der Waals surface area contributed by atoms with Crippen LogP contribution in [0.2, 0.25) is 0 Å². The summed E-state index contributed by atoms with van der Waals surface area (Å²) in [5.41, 5.74) is 17.5. The lowest BCUT2D eigenvalue weighted by Gasteiger charge is -2.19. The molecular formula is C26H29N5O3S. The van der Waals surface area contributed by atoms with Crippen molar-refractivity contribution in [1.82, 2.24) is 10.2 Å². The number of para-hydroxylation sites is 1. The van der Waals surface area contributed by atoms with Gasteiger partial charge in [0.2, 0.25) is 21.8 Å². The highest BCUT2D eigenvalue weighted by Crippen LogP contribution is 2.34. The molecule has 0 saturated heterocycles. The Balaban J connectivity index is 1.75. The average Bonchev–Trinajstić information content (AvgIpc) is 3.35. The highest BCUT2D eigenvalue weighted by atomic mass is 32.2. The van der Waals surface area contributed by atoms with Gasteiger partial charge in [0, 0.05) is 30.8 Å². The molecule has 182 valence electrons. The molecule has 1 atom stereocenters. The summed E-state index contributed by atoms with van der Waals surface area (Å²) in [5.74, 6) is 0.734. The van der Waals surface area contributed by atoms with Gasteiger partial charge in [-0.3, -0.25) is 4.31 Å². The number of nitrogen functional groups attached to an aromatic ring is 1. The lowest BCUT2D eigenvalue weighted by molar-refractivity contribution is 0.466. The molecular weight excluding hydrogens is 462 g/mol. The van der Waals surface area contributed by atoms with E-state index in [-0.39, 0.29) is 5.92 Å². The van der Waals surface area contributed by atoms with Gasteiger partial charge in [-0.15, -0.1) is 10.2 Å². The van der Waals surface area contributed by atoms with Crippen LogP contribution in [0.25, 0.3) is 22.6 Å². The maximum absolute atomic E-state index is 12.3. The molecule has 0 aliphatic carbocycles. The Morgan fingerprint density at radius 2 is 1.63 bits per heavy atom. The Morgan fingerprint density at radius 3 is 2.31 bits per heavy atom. The standard InChI is InChI=1S/C26H29N5O3S/c1-17(12-18-8-5-7-11-24(18)28)25-29-30-26(34-25)21-13-20(23-10-6-4-9-19(23)16-27)14-22(15-21)31(2)35(3,32)33/h4-11,13-15,17H,12,16,27-28H2,1-3H3/t17-/m1/s1. The summed E-state index contributed by atoms with van der Waals surface area (Å²) in [6.07, 6.45) is 1.81. The average molecular weight is 492 g/mol. The third-order valence-corrected chi connectivity index (χ3v) is 7.22. The molecule has 1 aromatic heterocycles. The summed E-state index contributed by atoms with van der Waals surface area (Å²) in [5, 5.41) is 8.54. The maximum atomic E-state index is 12.3. The summed E-state index contributed by atoms with van der Waals surface area (Å²) in [7, 11) is -1.97. The van der Waals surface area contributed by atoms with Crippen molar-refractivity contribution in [2.75, 3.05) is 23.3 Å². The van der Waals surface area contributed by atoms with E-state index in [0.717, 1.165) is 34.2 Å². The molecule has 4 rings (SSSR count). The van der Waals surface area contributed by atoms with Gasteiger partial charge in [-0.05, 0) is 52.9 Å². The third kappa shape index (κ3) is 5.36. The van der Waals surface area contributed by atoms with Gasteiger partial charge in [0.25, 0.3) is 0 Å². The number of nitrogens with two attached hydrogens (primary N) is 2. The first-order chi connectivity index (χ1) is 16.7. The van der Waals surface area contributed by atoms with Gasteiger partial charge in [0.1, 0.15) is 0 Å². The van der Waals surface area contributed by atoms with E-state index in [2.05, 4.69) is 10.2 Å². The number of rotatable bonds is 8. The molecule has 0 spiro atoms. The second-order valence-electron chi connectivity index (χ2n) is 8.61. The maximum Gasteiger partial charge on any atom is 0.247 e. The number of nitrogens with zero attached hydrogens (tertiary/aromatic N) is 3. The highest BCUT2D eigenvalue weighted by molar-refractivity contribution is 7.92. The van der Waals surface area contributed by atoms with Crippen molar-refractivity contribution in [3.63, 3.8) is 0 Å². The summed E-state index contributed by atoms with van der Waals surface area (Å²) in [4.78, 5) is 0. The van der Waals surface area contributed by atoms with E-state index >= 15 is 0 Å². The molecule has 0 radical (unpaired) electrons. The van der Waals surface area contributed by atoms with Crippen LogP contribution in [0.5, 0.6) is 0 Å². The second kappa shape index (κ2) is 9.89. The fraction of sp³-hybridized carbons (Fsp3) is 0.231. The molecule has 35 heavy (non-hydrogen) atoms. The summed E-state index contributed by atoms with van der Waals surface area (Å²) in [6, 6.07) is 20.9. The summed E-state index contributed by atoms with van der Waals surface area (Å²) >= 11 is 0. The van der Waals surface area contributed by atoms with Crippen LogP contribution in [0, 0.1) is 0 Å². The smallest absolute Gasteiger partial charge is 0.247 e. The Hall–Kier alpha value is -3.69. The van der Waals surface area contributed by atoms with Crippen LogP contribution in [-0.2, 0) is 23.0 Å². The SMILES string of the molecule is C[C@H](Cc1ccccc1N)c1nnc(-c2cc(-c3ccccc3CN)cc(N(C)S(C)(=O)=O)c2)o1. The molecule has 1 heterocycles. The Labute approximate surface area is 205 Å². The zero-order chi connectivity index (χ0) is 25.2. The molecule has 0 amide bonds. The molecule has 8 nitrogen and oxygen atoms in total. The predicted octanol–water partition coefficient (Wildman–Crippen LogP) is 4.19. The van der Waals surface area contributed by atoms with E-state index in [4.69, 9.17) is 15.9 Å². The normalized spacial score (nSPS) is 12.5. The van der Waals surface area contributed by atoms with Crippen LogP contribution in [-0.4, -0.2) is 31.9 Å². The van der Waals surface area contributed by atoms with E-state index in [9.17, 15) is 8.42 Å². The topological polar surface area (TPSA) is 128 Å². The molecule has 0 unspecified atom stereocenters. The molecule has 0 aliphatic rings. The number of anilines is 2. The predicted molar refractivity (Wildman–Crippen MR) is 139 cm³/mol. The van der Waals surface area contributed by atoms with E-state index < -0.39 is 10.0 Å². The number of hydrogen-bond acceptors (Lipinski definition) is 7. The van der Waals surface area contributed by atoms with Gasteiger partial charge in [-0.25, -0.2) is 8.42 Å². The minimum atomic E-state index is -3.49. The summed E-state index contributed by atoms with van der Waals surface area (Å²) < 4.78 is 31.9. The van der Waals surface area contributed by atoms with Crippen molar-refractivity contribution in [3.8, 4) is 22.6 Å². The van der Waals surface area contributed by atoms with Crippen molar-refractivity contribution < 1.29 is 12.8 Å². The van der Waals surface area contributed by atoms with Crippen molar-refractivity contribution in [3.05, 3.63) is 83.7 Å². The van der Waals surface area contributed by atoms with Crippen LogP contribution in [0.3, 0.4) is 0 Å². The van der Waals surface area contributed by atoms with E-state index in [0.29, 0.717) is 36.0 Å².